The zero-order valence-electron chi connectivity index (χ0n) is 13.6. The van der Waals surface area contributed by atoms with Crippen molar-refractivity contribution in [3.05, 3.63) is 65.2 Å². The number of nitrogens with one attached hydrogen (secondary N) is 1. The first-order chi connectivity index (χ1) is 12.1. The van der Waals surface area contributed by atoms with Crippen molar-refractivity contribution in [3.8, 4) is 11.6 Å². The van der Waals surface area contributed by atoms with E-state index in [0.29, 0.717) is 11.3 Å². The van der Waals surface area contributed by atoms with Crippen LogP contribution >= 0.6 is 0 Å². The first-order valence-electron chi connectivity index (χ1n) is 8.00. The molecule has 0 amide bonds. The number of rotatable bonds is 4. The molecule has 3 N–H and O–H groups in total. The van der Waals surface area contributed by atoms with Crippen LogP contribution in [0, 0.1) is 0 Å². The van der Waals surface area contributed by atoms with Gasteiger partial charge in [0.1, 0.15) is 5.75 Å². The van der Waals surface area contributed by atoms with Gasteiger partial charge >= 0.3 is 5.97 Å². The summed E-state index contributed by atoms with van der Waals surface area (Å²) >= 11 is 0. The molecule has 1 unspecified atom stereocenters. The maximum absolute atomic E-state index is 11.3. The van der Waals surface area contributed by atoms with Crippen LogP contribution in [0.15, 0.2) is 48.5 Å². The number of aromatic hydroxyl groups is 1. The second-order valence-electron chi connectivity index (χ2n) is 6.13. The first kappa shape index (κ1) is 15.3. The van der Waals surface area contributed by atoms with Crippen LogP contribution in [-0.4, -0.2) is 28.3 Å². The summed E-state index contributed by atoms with van der Waals surface area (Å²) in [5, 5.41) is 20.6. The van der Waals surface area contributed by atoms with Gasteiger partial charge in [-0.15, -0.1) is 0 Å². The highest BCUT2D eigenvalue weighted by molar-refractivity contribution is 6.01. The fourth-order valence-corrected chi connectivity index (χ4v) is 3.58. The highest BCUT2D eigenvalue weighted by Gasteiger charge is 2.29. The van der Waals surface area contributed by atoms with Crippen molar-refractivity contribution in [2.45, 2.75) is 12.3 Å². The van der Waals surface area contributed by atoms with Crippen LogP contribution < -0.4 is 4.74 Å². The Labute approximate surface area is 144 Å². The molecule has 0 saturated carbocycles. The number of fused-ring (bicyclic) bond motifs is 2. The lowest BCUT2D eigenvalue weighted by molar-refractivity contribution is -0.137. The largest absolute Gasteiger partial charge is 0.497 e. The Kier molecular flexibility index (Phi) is 3.50. The molecule has 0 fully saturated rings. The molecule has 25 heavy (non-hydrogen) atoms. The fraction of sp³-hybridized carbons (Fsp3) is 0.150. The number of aliphatic carboxylic acids is 1. The smallest absolute Gasteiger partial charge is 0.304 e. The summed E-state index contributed by atoms with van der Waals surface area (Å²) in [6.07, 6.45) is 1.92. The topological polar surface area (TPSA) is 82.6 Å². The van der Waals surface area contributed by atoms with Gasteiger partial charge in [0.15, 0.2) is 5.88 Å². The van der Waals surface area contributed by atoms with Crippen molar-refractivity contribution in [2.75, 3.05) is 7.11 Å². The van der Waals surface area contributed by atoms with Crippen LogP contribution in [0.2, 0.25) is 0 Å². The Balaban J connectivity index is 1.92. The van der Waals surface area contributed by atoms with E-state index in [1.807, 2.05) is 48.5 Å². The average Bonchev–Trinajstić information content (AvgIpc) is 3.10. The molecule has 5 heteroatoms. The average molecular weight is 335 g/mol. The predicted octanol–water partition coefficient (Wildman–Crippen LogP) is 3.89. The summed E-state index contributed by atoms with van der Waals surface area (Å²) in [5.41, 5.74) is 4.22. The molecule has 1 aromatic heterocycles. The molecule has 1 heterocycles. The van der Waals surface area contributed by atoms with Crippen molar-refractivity contribution in [1.29, 1.82) is 0 Å². The van der Waals surface area contributed by atoms with Gasteiger partial charge in [0, 0.05) is 16.8 Å². The summed E-state index contributed by atoms with van der Waals surface area (Å²) in [4.78, 5) is 14.3. The minimum absolute atomic E-state index is 0.00716. The van der Waals surface area contributed by atoms with Crippen molar-refractivity contribution in [2.24, 2.45) is 0 Å². The second-order valence-corrected chi connectivity index (χ2v) is 6.13. The second kappa shape index (κ2) is 5.70. The van der Waals surface area contributed by atoms with E-state index in [2.05, 4.69) is 4.98 Å². The van der Waals surface area contributed by atoms with Gasteiger partial charge in [0.05, 0.1) is 19.1 Å². The minimum Gasteiger partial charge on any atom is -0.497 e. The van der Waals surface area contributed by atoms with Gasteiger partial charge in [-0.3, -0.25) is 4.79 Å². The van der Waals surface area contributed by atoms with Crippen molar-refractivity contribution < 1.29 is 19.7 Å². The van der Waals surface area contributed by atoms with Gasteiger partial charge in [-0.25, -0.2) is 0 Å². The normalized spacial score (nSPS) is 15.9. The van der Waals surface area contributed by atoms with Gasteiger partial charge in [0.25, 0.3) is 0 Å². The lowest BCUT2D eigenvalue weighted by Gasteiger charge is -2.10. The number of methoxy groups -OCH3 is 1. The summed E-state index contributed by atoms with van der Waals surface area (Å²) < 4.78 is 5.29. The lowest BCUT2D eigenvalue weighted by atomic mass is 9.96. The number of aromatic nitrogens is 1. The Morgan fingerprint density at radius 3 is 2.80 bits per heavy atom. The molecule has 1 aliphatic carbocycles. The lowest BCUT2D eigenvalue weighted by Crippen LogP contribution is -2.02. The zero-order valence-corrected chi connectivity index (χ0v) is 13.6. The molecular weight excluding hydrogens is 318 g/mol. The Hall–Kier alpha value is -3.21. The molecule has 0 radical (unpaired) electrons. The number of allylic oxidation sites excluding steroid dienone is 1. The fourth-order valence-electron chi connectivity index (χ4n) is 3.58. The molecule has 126 valence electrons. The number of carboxylic acid groups (broad SMARTS) is 1. The summed E-state index contributed by atoms with van der Waals surface area (Å²) in [6.45, 7) is 0. The molecule has 0 spiro atoms. The van der Waals surface area contributed by atoms with Crippen molar-refractivity contribution >= 4 is 22.4 Å². The van der Waals surface area contributed by atoms with E-state index in [9.17, 15) is 15.0 Å². The van der Waals surface area contributed by atoms with Crippen LogP contribution in [0.1, 0.15) is 29.0 Å². The van der Waals surface area contributed by atoms with Crippen molar-refractivity contribution in [3.63, 3.8) is 0 Å². The van der Waals surface area contributed by atoms with E-state index in [-0.39, 0.29) is 18.2 Å². The minimum atomic E-state index is -0.862. The SMILES string of the molecule is COc1ccc2c(c1)C(CC(=O)O)C=C2c1c(O)[nH]c2ccccc12. The van der Waals surface area contributed by atoms with Crippen LogP contribution in [0.25, 0.3) is 16.5 Å². The van der Waals surface area contributed by atoms with Gasteiger partial charge in [-0.1, -0.05) is 30.3 Å². The number of carbonyl (C=O) groups is 1. The Morgan fingerprint density at radius 1 is 1.24 bits per heavy atom. The quantitative estimate of drug-likeness (QED) is 0.675. The summed E-state index contributed by atoms with van der Waals surface area (Å²) in [7, 11) is 1.59. The molecule has 2 aromatic carbocycles. The van der Waals surface area contributed by atoms with Crippen LogP contribution in [0.3, 0.4) is 0 Å². The maximum Gasteiger partial charge on any atom is 0.304 e. The van der Waals surface area contributed by atoms with Crippen LogP contribution in [0.5, 0.6) is 11.6 Å². The number of aromatic amines is 1. The standard InChI is InChI=1S/C20H17NO4/c1-25-12-6-7-13-15(10-12)11(9-18(22)23)8-16(13)19-14-4-2-3-5-17(14)21-20(19)24/h2-8,10-11,21,24H,9H2,1H3,(H,22,23). The monoisotopic (exact) mass is 335 g/mol. The van der Waals surface area contributed by atoms with E-state index in [1.54, 1.807) is 7.11 Å². The number of benzene rings is 2. The van der Waals surface area contributed by atoms with E-state index in [4.69, 9.17) is 4.74 Å². The number of H-pyrrole nitrogens is 1. The maximum atomic E-state index is 11.3. The number of hydrogen-bond donors (Lipinski definition) is 3. The third-order valence-corrected chi connectivity index (χ3v) is 4.67. The highest BCUT2D eigenvalue weighted by atomic mass is 16.5. The number of carboxylic acids is 1. The van der Waals surface area contributed by atoms with E-state index < -0.39 is 5.97 Å². The molecule has 4 rings (SSSR count). The van der Waals surface area contributed by atoms with Gasteiger partial charge < -0.3 is 19.9 Å². The van der Waals surface area contributed by atoms with Gasteiger partial charge in [-0.2, -0.15) is 0 Å². The molecular formula is C20H17NO4. The number of ether oxygens (including phenoxy) is 1. The van der Waals surface area contributed by atoms with Crippen LogP contribution in [-0.2, 0) is 4.79 Å². The van der Waals surface area contributed by atoms with E-state index >= 15 is 0 Å². The number of hydrogen-bond acceptors (Lipinski definition) is 3. The van der Waals surface area contributed by atoms with E-state index in [0.717, 1.165) is 27.6 Å². The van der Waals surface area contributed by atoms with Gasteiger partial charge in [-0.05, 0) is 34.9 Å². The molecule has 3 aromatic rings. The number of para-hydroxylation sites is 1. The molecule has 5 nitrogen and oxygen atoms in total. The predicted molar refractivity (Wildman–Crippen MR) is 95.0 cm³/mol. The summed E-state index contributed by atoms with van der Waals surface area (Å²) in [6, 6.07) is 13.3. The molecule has 1 aliphatic rings. The van der Waals surface area contributed by atoms with Gasteiger partial charge in [0.2, 0.25) is 0 Å². The highest BCUT2D eigenvalue weighted by Crippen LogP contribution is 2.46. The molecule has 0 bridgehead atoms. The van der Waals surface area contributed by atoms with Crippen molar-refractivity contribution in [1.82, 2.24) is 4.98 Å². The first-order valence-corrected chi connectivity index (χ1v) is 8.00. The third kappa shape index (κ3) is 2.45. The van der Waals surface area contributed by atoms with Crippen LogP contribution in [0.4, 0.5) is 0 Å². The molecule has 0 saturated heterocycles. The zero-order chi connectivity index (χ0) is 17.6. The third-order valence-electron chi connectivity index (χ3n) is 4.67. The van der Waals surface area contributed by atoms with E-state index in [1.165, 1.54) is 0 Å². The molecule has 0 aliphatic heterocycles. The Bertz CT molecular complexity index is 1020. The molecule has 1 atom stereocenters. The summed E-state index contributed by atoms with van der Waals surface area (Å²) in [5.74, 6) is -0.345. The Morgan fingerprint density at radius 2 is 2.04 bits per heavy atom.